The van der Waals surface area contributed by atoms with E-state index in [1.165, 1.54) is 77.0 Å². The Kier molecular flexibility index (Phi) is 46.5. The van der Waals surface area contributed by atoms with Gasteiger partial charge in [-0.15, -0.1) is 0 Å². The van der Waals surface area contributed by atoms with Crippen LogP contribution < -0.4 is 0 Å². The van der Waals surface area contributed by atoms with Gasteiger partial charge < -0.3 is 14.2 Å². The standard InChI is InChI=1S/C55H92O6/c1-4-7-10-13-16-19-22-25-27-29-30-33-36-39-42-45-48-54(57)60-51-52(50-59-53(56)47-44-41-38-35-32-24-21-18-15-12-9-6-3)61-55(58)49-46-43-40-37-34-31-28-26-23-20-17-14-11-8-5-2/h7-8,10-11,14,16-17,19-20,23,25-28,52H,4-6,9,12-13,15,18,21-22,24,29-51H2,1-3H3/b10-7-,11-8-,17-14-,19-16-,23-20-,27-25-,28-26-. The second-order valence-corrected chi connectivity index (χ2v) is 16.4. The van der Waals surface area contributed by atoms with Crippen LogP contribution in [0.15, 0.2) is 85.1 Å². The average Bonchev–Trinajstić information content (AvgIpc) is 3.26. The number of carbonyl (C=O) groups is 3. The second kappa shape index (κ2) is 49.2. The van der Waals surface area contributed by atoms with Crippen LogP contribution in [0.2, 0.25) is 0 Å². The first-order valence-corrected chi connectivity index (χ1v) is 25.1. The maximum absolute atomic E-state index is 12.8. The Morgan fingerprint density at radius 1 is 0.361 bits per heavy atom. The minimum atomic E-state index is -0.792. The van der Waals surface area contributed by atoms with Gasteiger partial charge in [0.15, 0.2) is 6.10 Å². The summed E-state index contributed by atoms with van der Waals surface area (Å²) in [5, 5.41) is 0. The van der Waals surface area contributed by atoms with E-state index in [0.717, 1.165) is 109 Å². The van der Waals surface area contributed by atoms with Crippen LogP contribution in [-0.2, 0) is 28.6 Å². The van der Waals surface area contributed by atoms with Crippen molar-refractivity contribution in [3.05, 3.63) is 85.1 Å². The van der Waals surface area contributed by atoms with E-state index in [1.807, 2.05) is 18.2 Å². The van der Waals surface area contributed by atoms with E-state index < -0.39 is 6.10 Å². The predicted octanol–water partition coefficient (Wildman–Crippen LogP) is 16.4. The van der Waals surface area contributed by atoms with E-state index >= 15 is 0 Å². The monoisotopic (exact) mass is 849 g/mol. The van der Waals surface area contributed by atoms with Crippen molar-refractivity contribution in [1.29, 1.82) is 0 Å². The number of hydrogen-bond acceptors (Lipinski definition) is 6. The van der Waals surface area contributed by atoms with Crippen LogP contribution in [0.5, 0.6) is 0 Å². The molecule has 1 unspecified atom stereocenters. The van der Waals surface area contributed by atoms with E-state index in [2.05, 4.69) is 87.6 Å². The molecule has 6 heteroatoms. The average molecular weight is 849 g/mol. The third kappa shape index (κ3) is 47.5. The summed E-state index contributed by atoms with van der Waals surface area (Å²) in [6, 6.07) is 0. The molecule has 0 amide bonds. The van der Waals surface area contributed by atoms with Gasteiger partial charge in [0.2, 0.25) is 0 Å². The van der Waals surface area contributed by atoms with Gasteiger partial charge in [0, 0.05) is 19.3 Å². The van der Waals surface area contributed by atoms with Gasteiger partial charge in [-0.1, -0.05) is 221 Å². The van der Waals surface area contributed by atoms with Crippen LogP contribution in [-0.4, -0.2) is 37.2 Å². The van der Waals surface area contributed by atoms with Crippen LogP contribution >= 0.6 is 0 Å². The second-order valence-electron chi connectivity index (χ2n) is 16.4. The van der Waals surface area contributed by atoms with Gasteiger partial charge in [0.25, 0.3) is 0 Å². The highest BCUT2D eigenvalue weighted by Gasteiger charge is 2.19. The molecule has 0 spiro atoms. The first kappa shape index (κ1) is 57.6. The summed E-state index contributed by atoms with van der Waals surface area (Å²) in [7, 11) is 0. The fourth-order valence-corrected chi connectivity index (χ4v) is 6.76. The van der Waals surface area contributed by atoms with Gasteiger partial charge in [-0.05, 0) is 70.6 Å². The van der Waals surface area contributed by atoms with E-state index in [0.29, 0.717) is 19.3 Å². The minimum Gasteiger partial charge on any atom is -0.462 e. The lowest BCUT2D eigenvalue weighted by Crippen LogP contribution is -2.30. The highest BCUT2D eigenvalue weighted by atomic mass is 16.6. The van der Waals surface area contributed by atoms with Crippen molar-refractivity contribution in [2.45, 2.75) is 232 Å². The van der Waals surface area contributed by atoms with E-state index in [4.69, 9.17) is 14.2 Å². The molecule has 61 heavy (non-hydrogen) atoms. The number of allylic oxidation sites excluding steroid dienone is 14. The molecule has 0 radical (unpaired) electrons. The molecule has 0 aromatic heterocycles. The Balaban J connectivity index is 4.45. The normalized spacial score (nSPS) is 12.8. The Labute approximate surface area is 375 Å². The Hall–Kier alpha value is -3.41. The predicted molar refractivity (Wildman–Crippen MR) is 261 cm³/mol. The maximum Gasteiger partial charge on any atom is 0.306 e. The number of esters is 3. The van der Waals surface area contributed by atoms with Crippen LogP contribution in [0.1, 0.15) is 226 Å². The smallest absolute Gasteiger partial charge is 0.306 e. The molecule has 1 atom stereocenters. The van der Waals surface area contributed by atoms with E-state index in [-0.39, 0.29) is 31.1 Å². The summed E-state index contributed by atoms with van der Waals surface area (Å²) in [5.74, 6) is -0.928. The van der Waals surface area contributed by atoms with Gasteiger partial charge in [-0.3, -0.25) is 14.4 Å². The quantitative estimate of drug-likeness (QED) is 0.0200. The molecule has 0 fully saturated rings. The molecule has 6 nitrogen and oxygen atoms in total. The maximum atomic E-state index is 12.8. The zero-order chi connectivity index (χ0) is 44.4. The Morgan fingerprint density at radius 2 is 0.721 bits per heavy atom. The number of ether oxygens (including phenoxy) is 3. The highest BCUT2D eigenvalue weighted by molar-refractivity contribution is 5.71. The number of unbranched alkanes of at least 4 members (excludes halogenated alkanes) is 22. The molecule has 0 aliphatic carbocycles. The third-order valence-electron chi connectivity index (χ3n) is 10.5. The molecule has 0 bridgehead atoms. The Morgan fingerprint density at radius 3 is 1.20 bits per heavy atom. The van der Waals surface area contributed by atoms with Crippen LogP contribution in [0.3, 0.4) is 0 Å². The molecule has 0 aliphatic rings. The summed E-state index contributed by atoms with van der Waals surface area (Å²) in [4.78, 5) is 37.9. The van der Waals surface area contributed by atoms with E-state index in [9.17, 15) is 14.4 Å². The molecule has 0 rings (SSSR count). The highest BCUT2D eigenvalue weighted by Crippen LogP contribution is 2.14. The van der Waals surface area contributed by atoms with Crippen molar-refractivity contribution in [1.82, 2.24) is 0 Å². The largest absolute Gasteiger partial charge is 0.462 e. The lowest BCUT2D eigenvalue weighted by Gasteiger charge is -2.18. The van der Waals surface area contributed by atoms with Gasteiger partial charge >= 0.3 is 17.9 Å². The lowest BCUT2D eigenvalue weighted by atomic mass is 10.0. The Bertz CT molecular complexity index is 1200. The summed E-state index contributed by atoms with van der Waals surface area (Å²) in [6.07, 6.45) is 62.7. The first-order chi connectivity index (χ1) is 30.0. The fraction of sp³-hybridized carbons (Fsp3) is 0.691. The lowest BCUT2D eigenvalue weighted by molar-refractivity contribution is -0.167. The summed E-state index contributed by atoms with van der Waals surface area (Å²) in [5.41, 5.74) is 0. The summed E-state index contributed by atoms with van der Waals surface area (Å²) in [6.45, 7) is 6.35. The molecule has 0 N–H and O–H groups in total. The molecular formula is C55H92O6. The van der Waals surface area contributed by atoms with Crippen molar-refractivity contribution in [3.8, 4) is 0 Å². The molecular weight excluding hydrogens is 757 g/mol. The number of hydrogen-bond donors (Lipinski definition) is 0. The van der Waals surface area contributed by atoms with Gasteiger partial charge in [-0.25, -0.2) is 0 Å². The van der Waals surface area contributed by atoms with E-state index in [1.54, 1.807) is 0 Å². The van der Waals surface area contributed by atoms with Crippen molar-refractivity contribution in [2.24, 2.45) is 0 Å². The third-order valence-corrected chi connectivity index (χ3v) is 10.5. The number of carbonyl (C=O) groups excluding carboxylic acids is 3. The van der Waals surface area contributed by atoms with Crippen LogP contribution in [0, 0.1) is 0 Å². The SMILES string of the molecule is CC\C=C/C=C\C=C/C=C\CCCCCCCC(=O)OC(COC(=O)CCCCCCCC/C=C\C/C=C\C/C=C\CC)COC(=O)CCCCCCCCCCCCCC. The van der Waals surface area contributed by atoms with Gasteiger partial charge in [-0.2, -0.15) is 0 Å². The number of rotatable bonds is 44. The van der Waals surface area contributed by atoms with Crippen molar-refractivity contribution in [3.63, 3.8) is 0 Å². The molecule has 0 aliphatic heterocycles. The van der Waals surface area contributed by atoms with Crippen LogP contribution in [0.4, 0.5) is 0 Å². The molecule has 0 aromatic rings. The molecule has 0 heterocycles. The topological polar surface area (TPSA) is 78.9 Å². The molecule has 348 valence electrons. The first-order valence-electron chi connectivity index (χ1n) is 25.1. The molecule has 0 aromatic carbocycles. The van der Waals surface area contributed by atoms with Crippen LogP contribution in [0.25, 0.3) is 0 Å². The minimum absolute atomic E-state index is 0.0897. The van der Waals surface area contributed by atoms with Gasteiger partial charge in [0.05, 0.1) is 0 Å². The summed E-state index contributed by atoms with van der Waals surface area (Å²) >= 11 is 0. The summed E-state index contributed by atoms with van der Waals surface area (Å²) < 4.78 is 16.8. The van der Waals surface area contributed by atoms with Crippen molar-refractivity contribution >= 4 is 17.9 Å². The zero-order valence-corrected chi connectivity index (χ0v) is 39.7. The van der Waals surface area contributed by atoms with Crippen molar-refractivity contribution in [2.75, 3.05) is 13.2 Å². The molecule has 0 saturated heterocycles. The zero-order valence-electron chi connectivity index (χ0n) is 39.7. The molecule has 0 saturated carbocycles. The fourth-order valence-electron chi connectivity index (χ4n) is 6.76. The van der Waals surface area contributed by atoms with Crippen molar-refractivity contribution < 1.29 is 28.6 Å². The van der Waals surface area contributed by atoms with Gasteiger partial charge in [0.1, 0.15) is 13.2 Å².